The third kappa shape index (κ3) is 3.96. The molecular formula is C19H30BN3O. The highest BCUT2D eigenvalue weighted by molar-refractivity contribution is 6.08. The summed E-state index contributed by atoms with van der Waals surface area (Å²) in [6.07, 6.45) is 7.54. The van der Waals surface area contributed by atoms with Crippen LogP contribution in [0.1, 0.15) is 11.1 Å². The first-order valence-electron chi connectivity index (χ1n) is 9.14. The van der Waals surface area contributed by atoms with Crippen molar-refractivity contribution >= 4 is 7.85 Å². The molecule has 24 heavy (non-hydrogen) atoms. The van der Waals surface area contributed by atoms with Crippen molar-refractivity contribution in [2.75, 3.05) is 40.3 Å². The number of benzene rings is 1. The SMILES string of the molecule is BCCc1ccc(OC2CN(CC3N(C)C=CCN3C)C2)c(C)c1. The summed E-state index contributed by atoms with van der Waals surface area (Å²) in [7, 11) is 6.57. The van der Waals surface area contributed by atoms with Gasteiger partial charge < -0.3 is 9.64 Å². The smallest absolute Gasteiger partial charge is 0.124 e. The molecule has 130 valence electrons. The molecule has 1 saturated heterocycles. The number of hydrogen-bond donors (Lipinski definition) is 0. The van der Waals surface area contributed by atoms with Crippen LogP contribution in [-0.2, 0) is 6.42 Å². The minimum atomic E-state index is 0.329. The molecule has 0 bridgehead atoms. The molecule has 2 heterocycles. The Morgan fingerprint density at radius 2 is 2.04 bits per heavy atom. The van der Waals surface area contributed by atoms with Crippen LogP contribution in [0.4, 0.5) is 0 Å². The van der Waals surface area contributed by atoms with Gasteiger partial charge in [-0.1, -0.05) is 24.5 Å². The van der Waals surface area contributed by atoms with E-state index in [9.17, 15) is 0 Å². The molecule has 2 aliphatic rings. The second-order valence-corrected chi connectivity index (χ2v) is 7.28. The van der Waals surface area contributed by atoms with Crippen molar-refractivity contribution in [3.8, 4) is 5.75 Å². The molecule has 0 aromatic heterocycles. The molecule has 0 aliphatic carbocycles. The zero-order valence-electron chi connectivity index (χ0n) is 15.5. The van der Waals surface area contributed by atoms with Gasteiger partial charge in [-0.25, -0.2) is 0 Å². The Hall–Kier alpha value is -1.46. The van der Waals surface area contributed by atoms with Crippen molar-refractivity contribution in [2.24, 2.45) is 0 Å². The summed E-state index contributed by atoms with van der Waals surface area (Å²) in [6.45, 7) is 6.32. The molecule has 1 aromatic rings. The lowest BCUT2D eigenvalue weighted by atomic mass is 9.96. The highest BCUT2D eigenvalue weighted by atomic mass is 16.5. The van der Waals surface area contributed by atoms with Gasteiger partial charge in [0.25, 0.3) is 0 Å². The zero-order chi connectivity index (χ0) is 17.1. The van der Waals surface area contributed by atoms with Crippen molar-refractivity contribution in [3.05, 3.63) is 41.6 Å². The van der Waals surface area contributed by atoms with E-state index in [1.165, 1.54) is 17.4 Å². The lowest BCUT2D eigenvalue weighted by molar-refractivity contribution is -0.0176. The second kappa shape index (κ2) is 7.62. The van der Waals surface area contributed by atoms with E-state index >= 15 is 0 Å². The van der Waals surface area contributed by atoms with Crippen molar-refractivity contribution in [2.45, 2.75) is 31.9 Å². The molecule has 0 spiro atoms. The molecule has 2 aliphatic heterocycles. The molecule has 0 amide bonds. The third-order valence-electron chi connectivity index (χ3n) is 5.13. The van der Waals surface area contributed by atoms with E-state index in [2.05, 4.69) is 74.0 Å². The second-order valence-electron chi connectivity index (χ2n) is 7.28. The lowest BCUT2D eigenvalue weighted by Gasteiger charge is -2.45. The van der Waals surface area contributed by atoms with Crippen molar-refractivity contribution < 1.29 is 4.74 Å². The number of rotatable bonds is 6. The predicted molar refractivity (Wildman–Crippen MR) is 102 cm³/mol. The van der Waals surface area contributed by atoms with Gasteiger partial charge in [0.05, 0.1) is 6.17 Å². The van der Waals surface area contributed by atoms with Crippen molar-refractivity contribution in [3.63, 3.8) is 0 Å². The summed E-state index contributed by atoms with van der Waals surface area (Å²) in [6, 6.07) is 6.63. The summed E-state index contributed by atoms with van der Waals surface area (Å²) in [5.74, 6) is 1.05. The van der Waals surface area contributed by atoms with Gasteiger partial charge in [-0.3, -0.25) is 9.80 Å². The Balaban J connectivity index is 1.48. The monoisotopic (exact) mass is 327 g/mol. The van der Waals surface area contributed by atoms with Gasteiger partial charge >= 0.3 is 0 Å². The Bertz CT molecular complexity index is 586. The van der Waals surface area contributed by atoms with Crippen LogP contribution in [0.5, 0.6) is 5.75 Å². The number of likely N-dealkylation sites (N-methyl/N-ethyl adjacent to an activating group) is 2. The van der Waals surface area contributed by atoms with Gasteiger partial charge in [0.2, 0.25) is 0 Å². The van der Waals surface area contributed by atoms with E-state index < -0.39 is 0 Å². The fourth-order valence-corrected chi connectivity index (χ4v) is 3.62. The fourth-order valence-electron chi connectivity index (χ4n) is 3.62. The van der Waals surface area contributed by atoms with Gasteiger partial charge in [0.1, 0.15) is 19.7 Å². The van der Waals surface area contributed by atoms with Crippen LogP contribution in [0.15, 0.2) is 30.5 Å². The molecule has 0 saturated carbocycles. The van der Waals surface area contributed by atoms with Crippen molar-refractivity contribution in [1.29, 1.82) is 0 Å². The van der Waals surface area contributed by atoms with Gasteiger partial charge in [-0.05, 0) is 43.8 Å². The average molecular weight is 327 g/mol. The van der Waals surface area contributed by atoms with E-state index in [1.807, 2.05) is 0 Å². The minimum absolute atomic E-state index is 0.329. The largest absolute Gasteiger partial charge is 0.487 e. The van der Waals surface area contributed by atoms with Crippen LogP contribution in [0.25, 0.3) is 0 Å². The predicted octanol–water partition coefficient (Wildman–Crippen LogP) is 1.37. The summed E-state index contributed by atoms with van der Waals surface area (Å²) in [5.41, 5.74) is 2.67. The molecule has 5 heteroatoms. The van der Waals surface area contributed by atoms with Crippen LogP contribution in [0.2, 0.25) is 6.32 Å². The number of nitrogens with zero attached hydrogens (tertiary/aromatic N) is 3. The van der Waals surface area contributed by atoms with Crippen LogP contribution in [0, 0.1) is 6.92 Å². The zero-order valence-corrected chi connectivity index (χ0v) is 15.5. The van der Waals surface area contributed by atoms with E-state index in [4.69, 9.17) is 4.74 Å². The molecule has 1 aromatic carbocycles. The van der Waals surface area contributed by atoms with E-state index in [-0.39, 0.29) is 0 Å². The first kappa shape index (κ1) is 17.4. The standard InChI is InChI=1S/C19H30BN3O/c1-15-11-16(7-8-20)5-6-18(15)24-17-12-23(13-17)14-19-21(2)9-4-10-22(19)3/h4-6,9,11,17,19H,7-8,10,12-14,20H2,1-3H3. The van der Waals surface area contributed by atoms with E-state index in [0.717, 1.165) is 38.3 Å². The Morgan fingerprint density at radius 3 is 2.71 bits per heavy atom. The summed E-state index contributed by atoms with van der Waals surface area (Å²) in [4.78, 5) is 7.18. The Labute approximate surface area is 147 Å². The van der Waals surface area contributed by atoms with Crippen LogP contribution >= 0.6 is 0 Å². The van der Waals surface area contributed by atoms with Gasteiger partial charge in [-0.15, -0.1) is 0 Å². The highest BCUT2D eigenvalue weighted by Crippen LogP contribution is 2.24. The summed E-state index contributed by atoms with van der Waals surface area (Å²) < 4.78 is 6.20. The Morgan fingerprint density at radius 1 is 1.25 bits per heavy atom. The quantitative estimate of drug-likeness (QED) is 0.735. The molecule has 1 atom stereocenters. The normalized spacial score (nSPS) is 22.6. The van der Waals surface area contributed by atoms with Gasteiger partial charge in [0.15, 0.2) is 0 Å². The van der Waals surface area contributed by atoms with E-state index in [0.29, 0.717) is 12.3 Å². The van der Waals surface area contributed by atoms with Crippen LogP contribution in [0.3, 0.4) is 0 Å². The average Bonchev–Trinajstić information content (AvgIpc) is 2.50. The maximum absolute atomic E-state index is 6.20. The molecule has 4 nitrogen and oxygen atoms in total. The number of aryl methyl sites for hydroxylation is 2. The number of hydrogen-bond acceptors (Lipinski definition) is 4. The first-order valence-corrected chi connectivity index (χ1v) is 9.14. The van der Waals surface area contributed by atoms with Crippen molar-refractivity contribution in [1.82, 2.24) is 14.7 Å². The molecule has 1 unspecified atom stereocenters. The minimum Gasteiger partial charge on any atom is -0.487 e. The fraction of sp³-hybridized carbons (Fsp3) is 0.579. The molecule has 0 radical (unpaired) electrons. The third-order valence-corrected chi connectivity index (χ3v) is 5.13. The summed E-state index contributed by atoms with van der Waals surface area (Å²) >= 11 is 0. The molecule has 1 fully saturated rings. The van der Waals surface area contributed by atoms with Crippen LogP contribution < -0.4 is 4.74 Å². The topological polar surface area (TPSA) is 19.0 Å². The lowest BCUT2D eigenvalue weighted by Crippen LogP contribution is -2.60. The summed E-state index contributed by atoms with van der Waals surface area (Å²) in [5, 5.41) is 0. The van der Waals surface area contributed by atoms with E-state index in [1.54, 1.807) is 0 Å². The number of likely N-dealkylation sites (tertiary alicyclic amines) is 1. The highest BCUT2D eigenvalue weighted by Gasteiger charge is 2.32. The maximum atomic E-state index is 6.20. The molecule has 3 rings (SSSR count). The van der Waals surface area contributed by atoms with Gasteiger partial charge in [-0.2, -0.15) is 0 Å². The molecular weight excluding hydrogens is 297 g/mol. The number of ether oxygens (including phenoxy) is 1. The Kier molecular flexibility index (Phi) is 5.52. The maximum Gasteiger partial charge on any atom is 0.124 e. The van der Waals surface area contributed by atoms with Crippen LogP contribution in [-0.4, -0.2) is 75.1 Å². The van der Waals surface area contributed by atoms with Gasteiger partial charge in [0, 0.05) is 33.2 Å². The molecule has 0 N–H and O–H groups in total. The first-order chi connectivity index (χ1) is 11.6.